The highest BCUT2D eigenvalue weighted by Crippen LogP contribution is 2.10. The van der Waals surface area contributed by atoms with Crippen LogP contribution >= 0.6 is 0 Å². The smallest absolute Gasteiger partial charge is 0.361 e. The molecule has 82 valence electrons. The highest BCUT2D eigenvalue weighted by molar-refractivity contribution is 5.92. The summed E-state index contributed by atoms with van der Waals surface area (Å²) in [4.78, 5) is 21.6. The average molecular weight is 213 g/mol. The highest BCUT2D eigenvalue weighted by atomic mass is 16.5. The summed E-state index contributed by atoms with van der Waals surface area (Å²) in [6.45, 7) is 1.52. The second kappa shape index (κ2) is 4.45. The minimum Gasteiger partial charge on any atom is -0.480 e. The van der Waals surface area contributed by atoms with E-state index in [4.69, 9.17) is 10.8 Å². The van der Waals surface area contributed by atoms with E-state index < -0.39 is 11.9 Å². The summed E-state index contributed by atoms with van der Waals surface area (Å²) in [6, 6.07) is 0. The van der Waals surface area contributed by atoms with Crippen molar-refractivity contribution >= 4 is 17.6 Å². The van der Waals surface area contributed by atoms with E-state index in [0.29, 0.717) is 0 Å². The van der Waals surface area contributed by atoms with E-state index in [2.05, 4.69) is 9.84 Å². The summed E-state index contributed by atoms with van der Waals surface area (Å²) >= 11 is 0. The number of carbonyl (C=O) groups excluding carboxylic acids is 1. The lowest BCUT2D eigenvalue weighted by Crippen LogP contribution is -2.11. The van der Waals surface area contributed by atoms with Crippen molar-refractivity contribution in [2.45, 2.75) is 13.5 Å². The van der Waals surface area contributed by atoms with Crippen LogP contribution in [0.5, 0.6) is 0 Å². The molecule has 0 aromatic carbocycles. The third-order valence-corrected chi connectivity index (χ3v) is 1.56. The first kappa shape index (κ1) is 11.0. The zero-order valence-electron chi connectivity index (χ0n) is 8.14. The Morgan fingerprint density at radius 3 is 2.87 bits per heavy atom. The van der Waals surface area contributed by atoms with Gasteiger partial charge in [-0.05, 0) is 6.92 Å². The largest absolute Gasteiger partial charge is 0.480 e. The van der Waals surface area contributed by atoms with Gasteiger partial charge in [-0.25, -0.2) is 4.79 Å². The standard InChI is InChI=1S/C8H11N3O4/c1-2-15-8(14)7-5(9)3-11(10-7)4-6(12)13/h3H,2,4,9H2,1H3,(H,12,13). The summed E-state index contributed by atoms with van der Waals surface area (Å²) < 4.78 is 5.76. The van der Waals surface area contributed by atoms with Crippen molar-refractivity contribution in [1.82, 2.24) is 9.78 Å². The number of hydrogen-bond acceptors (Lipinski definition) is 5. The summed E-state index contributed by atoms with van der Waals surface area (Å²) in [6.07, 6.45) is 1.28. The number of ether oxygens (including phenoxy) is 1. The third-order valence-electron chi connectivity index (χ3n) is 1.56. The number of hydrogen-bond donors (Lipinski definition) is 2. The van der Waals surface area contributed by atoms with Gasteiger partial charge in [0.2, 0.25) is 0 Å². The van der Waals surface area contributed by atoms with E-state index >= 15 is 0 Å². The first-order chi connectivity index (χ1) is 7.04. The van der Waals surface area contributed by atoms with Crippen molar-refractivity contribution < 1.29 is 19.4 Å². The van der Waals surface area contributed by atoms with Crippen molar-refractivity contribution in [2.75, 3.05) is 12.3 Å². The van der Waals surface area contributed by atoms with Crippen LogP contribution in [0.1, 0.15) is 17.4 Å². The van der Waals surface area contributed by atoms with Crippen LogP contribution in [0.25, 0.3) is 0 Å². The zero-order valence-corrected chi connectivity index (χ0v) is 8.14. The van der Waals surface area contributed by atoms with Gasteiger partial charge < -0.3 is 15.6 Å². The number of carboxylic acid groups (broad SMARTS) is 1. The summed E-state index contributed by atoms with van der Waals surface area (Å²) in [5, 5.41) is 12.2. The van der Waals surface area contributed by atoms with Crippen molar-refractivity contribution in [3.05, 3.63) is 11.9 Å². The van der Waals surface area contributed by atoms with Crippen molar-refractivity contribution in [3.63, 3.8) is 0 Å². The normalized spacial score (nSPS) is 9.93. The van der Waals surface area contributed by atoms with E-state index in [1.54, 1.807) is 6.92 Å². The van der Waals surface area contributed by atoms with Gasteiger partial charge in [0, 0.05) is 6.20 Å². The maximum atomic E-state index is 11.2. The number of anilines is 1. The van der Waals surface area contributed by atoms with Crippen molar-refractivity contribution in [2.24, 2.45) is 0 Å². The summed E-state index contributed by atoms with van der Waals surface area (Å²) in [5.74, 6) is -1.72. The molecule has 0 aliphatic carbocycles. The Balaban J connectivity index is 2.86. The minimum atomic E-state index is -1.06. The second-order valence-corrected chi connectivity index (χ2v) is 2.74. The molecule has 0 atom stereocenters. The maximum Gasteiger partial charge on any atom is 0.361 e. The molecule has 1 aromatic heterocycles. The lowest BCUT2D eigenvalue weighted by molar-refractivity contribution is -0.137. The Kier molecular flexibility index (Phi) is 3.27. The molecule has 0 fully saturated rings. The molecule has 0 radical (unpaired) electrons. The fourth-order valence-electron chi connectivity index (χ4n) is 1.01. The van der Waals surface area contributed by atoms with Crippen LogP contribution in [0.4, 0.5) is 5.69 Å². The quantitative estimate of drug-likeness (QED) is 0.666. The average Bonchev–Trinajstić information content (AvgIpc) is 2.46. The topological polar surface area (TPSA) is 107 Å². The molecular weight excluding hydrogens is 202 g/mol. The van der Waals surface area contributed by atoms with Crippen molar-refractivity contribution in [1.29, 1.82) is 0 Å². The summed E-state index contributed by atoms with van der Waals surface area (Å²) in [7, 11) is 0. The number of carbonyl (C=O) groups is 2. The van der Waals surface area contributed by atoms with Crippen LogP contribution in [0.2, 0.25) is 0 Å². The lowest BCUT2D eigenvalue weighted by Gasteiger charge is -1.97. The van der Waals surface area contributed by atoms with E-state index in [0.717, 1.165) is 4.68 Å². The number of esters is 1. The first-order valence-corrected chi connectivity index (χ1v) is 4.26. The number of nitrogens with zero attached hydrogens (tertiary/aromatic N) is 2. The molecule has 0 amide bonds. The van der Waals surface area contributed by atoms with Gasteiger partial charge in [-0.2, -0.15) is 5.10 Å². The molecule has 1 rings (SSSR count). The number of aliphatic carboxylic acids is 1. The monoisotopic (exact) mass is 213 g/mol. The van der Waals surface area contributed by atoms with Gasteiger partial charge in [-0.3, -0.25) is 9.48 Å². The number of rotatable bonds is 4. The van der Waals surface area contributed by atoms with Gasteiger partial charge in [-0.1, -0.05) is 0 Å². The Bertz CT molecular complexity index is 385. The van der Waals surface area contributed by atoms with Crippen LogP contribution < -0.4 is 5.73 Å². The van der Waals surface area contributed by atoms with Crippen LogP contribution in [0, 0.1) is 0 Å². The third kappa shape index (κ3) is 2.70. The maximum absolute atomic E-state index is 11.2. The molecule has 0 aliphatic rings. The van der Waals surface area contributed by atoms with E-state index in [1.807, 2.05) is 0 Å². The minimum absolute atomic E-state index is 0.0573. The van der Waals surface area contributed by atoms with Gasteiger partial charge in [0.05, 0.1) is 12.3 Å². The molecule has 15 heavy (non-hydrogen) atoms. The van der Waals surface area contributed by atoms with Crippen LogP contribution in [0.15, 0.2) is 6.20 Å². The fourth-order valence-corrected chi connectivity index (χ4v) is 1.01. The Morgan fingerprint density at radius 2 is 2.33 bits per heavy atom. The Morgan fingerprint density at radius 1 is 1.67 bits per heavy atom. The molecule has 0 aliphatic heterocycles. The van der Waals surface area contributed by atoms with Crippen LogP contribution in [-0.4, -0.2) is 33.4 Å². The molecule has 7 heteroatoms. The van der Waals surface area contributed by atoms with Gasteiger partial charge in [0.1, 0.15) is 6.54 Å². The lowest BCUT2D eigenvalue weighted by atomic mass is 10.4. The number of aromatic nitrogens is 2. The van der Waals surface area contributed by atoms with Gasteiger partial charge in [0.15, 0.2) is 5.69 Å². The molecule has 3 N–H and O–H groups in total. The predicted octanol–water partition coefficient (Wildman–Crippen LogP) is -0.273. The fraction of sp³-hybridized carbons (Fsp3) is 0.375. The molecule has 0 spiro atoms. The van der Waals surface area contributed by atoms with Gasteiger partial charge in [-0.15, -0.1) is 0 Å². The van der Waals surface area contributed by atoms with Crippen molar-refractivity contribution in [3.8, 4) is 0 Å². The molecule has 1 heterocycles. The number of carboxylic acids is 1. The van der Waals surface area contributed by atoms with Gasteiger partial charge in [0.25, 0.3) is 0 Å². The SMILES string of the molecule is CCOC(=O)c1nn(CC(=O)O)cc1N. The molecular formula is C8H11N3O4. The molecule has 7 nitrogen and oxygen atoms in total. The summed E-state index contributed by atoms with van der Waals surface area (Å²) in [5.41, 5.74) is 5.52. The van der Waals surface area contributed by atoms with E-state index in [1.165, 1.54) is 6.20 Å². The second-order valence-electron chi connectivity index (χ2n) is 2.74. The Labute approximate surface area is 85.4 Å². The van der Waals surface area contributed by atoms with E-state index in [9.17, 15) is 9.59 Å². The van der Waals surface area contributed by atoms with Crippen LogP contribution in [-0.2, 0) is 16.1 Å². The Hall–Kier alpha value is -2.05. The molecule has 0 unspecified atom stereocenters. The zero-order chi connectivity index (χ0) is 11.4. The highest BCUT2D eigenvalue weighted by Gasteiger charge is 2.16. The first-order valence-electron chi connectivity index (χ1n) is 4.26. The molecule has 0 saturated heterocycles. The number of nitrogen functional groups attached to an aromatic ring is 1. The molecule has 0 bridgehead atoms. The van der Waals surface area contributed by atoms with Gasteiger partial charge >= 0.3 is 11.9 Å². The van der Waals surface area contributed by atoms with Crippen LogP contribution in [0.3, 0.4) is 0 Å². The van der Waals surface area contributed by atoms with E-state index in [-0.39, 0.29) is 24.5 Å². The number of nitrogens with two attached hydrogens (primary N) is 1. The predicted molar refractivity (Wildman–Crippen MR) is 50.2 cm³/mol. The molecule has 1 aromatic rings. The molecule has 0 saturated carbocycles.